The molecule has 0 bridgehead atoms. The van der Waals surface area contributed by atoms with Gasteiger partial charge < -0.3 is 4.74 Å². The highest BCUT2D eigenvalue weighted by Gasteiger charge is 2.22. The number of aromatic nitrogens is 1. The fourth-order valence-electron chi connectivity index (χ4n) is 1.34. The molecule has 86 valence electrons. The fourth-order valence-corrected chi connectivity index (χ4v) is 1.34. The predicted molar refractivity (Wildman–Crippen MR) is 55.5 cm³/mol. The van der Waals surface area contributed by atoms with Crippen LogP contribution in [0.1, 0.15) is 18.0 Å². The molecule has 0 radical (unpaired) electrons. The molecule has 0 aromatic carbocycles. The van der Waals surface area contributed by atoms with E-state index in [-0.39, 0.29) is 13.0 Å². The van der Waals surface area contributed by atoms with Gasteiger partial charge in [0.15, 0.2) is 0 Å². The molecule has 1 atom stereocenters. The third kappa shape index (κ3) is 3.64. The molecule has 0 saturated heterocycles. The number of carbonyl (C=O) groups is 1. The van der Waals surface area contributed by atoms with Crippen molar-refractivity contribution in [2.75, 3.05) is 13.7 Å². The highest BCUT2D eigenvalue weighted by Crippen LogP contribution is 2.17. The molecule has 0 aliphatic heterocycles. The van der Waals surface area contributed by atoms with E-state index in [1.807, 2.05) is 0 Å². The molecule has 0 aliphatic rings. The molecule has 0 spiro atoms. The lowest BCUT2D eigenvalue weighted by molar-refractivity contribution is -0.483. The molecule has 1 heterocycles. The SMILES string of the molecule is COC(=O)CC(C[N+](=O)[O-])c1ccccn1. The van der Waals surface area contributed by atoms with Crippen LogP contribution in [0.4, 0.5) is 0 Å². The van der Waals surface area contributed by atoms with Crippen LogP contribution in [0.25, 0.3) is 0 Å². The van der Waals surface area contributed by atoms with Gasteiger partial charge in [0.2, 0.25) is 6.54 Å². The van der Waals surface area contributed by atoms with Gasteiger partial charge in [-0.2, -0.15) is 0 Å². The van der Waals surface area contributed by atoms with Crippen molar-refractivity contribution in [2.24, 2.45) is 0 Å². The molecular formula is C10H12N2O4. The molecule has 0 amide bonds. The summed E-state index contributed by atoms with van der Waals surface area (Å²) in [7, 11) is 1.25. The normalized spacial score (nSPS) is 11.8. The van der Waals surface area contributed by atoms with Crippen LogP contribution in [0, 0.1) is 10.1 Å². The summed E-state index contributed by atoms with van der Waals surface area (Å²) in [6.07, 6.45) is 1.51. The number of rotatable bonds is 5. The van der Waals surface area contributed by atoms with E-state index in [0.717, 1.165) is 0 Å². The van der Waals surface area contributed by atoms with Gasteiger partial charge in [-0.1, -0.05) is 6.07 Å². The summed E-state index contributed by atoms with van der Waals surface area (Å²) in [6.45, 7) is -0.327. The first-order valence-electron chi connectivity index (χ1n) is 4.73. The van der Waals surface area contributed by atoms with E-state index in [9.17, 15) is 14.9 Å². The molecule has 16 heavy (non-hydrogen) atoms. The first kappa shape index (κ1) is 12.1. The minimum atomic E-state index is -0.538. The topological polar surface area (TPSA) is 82.3 Å². The Morgan fingerprint density at radius 1 is 1.62 bits per heavy atom. The van der Waals surface area contributed by atoms with E-state index in [1.165, 1.54) is 7.11 Å². The van der Waals surface area contributed by atoms with Crippen molar-refractivity contribution in [3.8, 4) is 0 Å². The smallest absolute Gasteiger partial charge is 0.306 e. The van der Waals surface area contributed by atoms with Crippen molar-refractivity contribution in [2.45, 2.75) is 12.3 Å². The van der Waals surface area contributed by atoms with Gasteiger partial charge in [0.05, 0.1) is 25.1 Å². The molecule has 1 aromatic rings. The molecule has 0 N–H and O–H groups in total. The molecule has 6 nitrogen and oxygen atoms in total. The number of nitro groups is 1. The molecule has 1 rings (SSSR count). The zero-order valence-corrected chi connectivity index (χ0v) is 8.83. The van der Waals surface area contributed by atoms with Crippen LogP contribution in [-0.2, 0) is 9.53 Å². The lowest BCUT2D eigenvalue weighted by atomic mass is 10.0. The summed E-state index contributed by atoms with van der Waals surface area (Å²) in [5.41, 5.74) is 0.532. The second-order valence-electron chi connectivity index (χ2n) is 3.25. The van der Waals surface area contributed by atoms with Crippen molar-refractivity contribution in [3.63, 3.8) is 0 Å². The van der Waals surface area contributed by atoms with Gasteiger partial charge in [0.25, 0.3) is 0 Å². The molecular weight excluding hydrogens is 212 g/mol. The minimum absolute atomic E-state index is 0.0332. The zero-order chi connectivity index (χ0) is 12.0. The molecule has 1 aromatic heterocycles. The first-order chi connectivity index (χ1) is 7.63. The Balaban J connectivity index is 2.79. The Bertz CT molecular complexity index is 366. The highest BCUT2D eigenvalue weighted by molar-refractivity contribution is 5.70. The summed E-state index contributed by atoms with van der Waals surface area (Å²) in [4.78, 5) is 25.1. The Kier molecular flexibility index (Phi) is 4.38. The summed E-state index contributed by atoms with van der Waals surface area (Å²) in [6, 6.07) is 5.11. The predicted octanol–water partition coefficient (Wildman–Crippen LogP) is 1.00. The minimum Gasteiger partial charge on any atom is -0.469 e. The molecule has 0 saturated carbocycles. The number of hydrogen-bond acceptors (Lipinski definition) is 5. The lowest BCUT2D eigenvalue weighted by Crippen LogP contribution is -2.18. The standard InChI is InChI=1S/C10H12N2O4/c1-16-10(13)6-8(7-12(14)15)9-4-2-3-5-11-9/h2-5,8H,6-7H2,1H3. The number of nitrogens with zero attached hydrogens (tertiary/aromatic N) is 2. The van der Waals surface area contributed by atoms with Crippen molar-refractivity contribution in [1.29, 1.82) is 0 Å². The number of ether oxygens (including phenoxy) is 1. The molecule has 0 fully saturated rings. The van der Waals surface area contributed by atoms with E-state index in [4.69, 9.17) is 0 Å². The molecule has 0 aliphatic carbocycles. The zero-order valence-electron chi connectivity index (χ0n) is 8.83. The Morgan fingerprint density at radius 3 is 2.88 bits per heavy atom. The highest BCUT2D eigenvalue weighted by atomic mass is 16.6. The molecule has 1 unspecified atom stereocenters. The van der Waals surface area contributed by atoms with Crippen molar-refractivity contribution in [3.05, 3.63) is 40.2 Å². The van der Waals surface area contributed by atoms with Crippen LogP contribution in [0.2, 0.25) is 0 Å². The van der Waals surface area contributed by atoms with Crippen LogP contribution in [-0.4, -0.2) is 29.5 Å². The van der Waals surface area contributed by atoms with Crippen LogP contribution >= 0.6 is 0 Å². The second kappa shape index (κ2) is 5.79. The number of pyridine rings is 1. The third-order valence-electron chi connectivity index (χ3n) is 2.12. The number of carbonyl (C=O) groups excluding carboxylic acids is 1. The Morgan fingerprint density at radius 2 is 2.38 bits per heavy atom. The van der Waals surface area contributed by atoms with Gasteiger partial charge in [-0.25, -0.2) is 0 Å². The van der Waals surface area contributed by atoms with E-state index in [2.05, 4.69) is 9.72 Å². The maximum Gasteiger partial charge on any atom is 0.306 e. The maximum atomic E-state index is 11.1. The summed E-state index contributed by atoms with van der Waals surface area (Å²) < 4.78 is 4.49. The Hall–Kier alpha value is -1.98. The maximum absolute atomic E-state index is 11.1. The van der Waals surface area contributed by atoms with Crippen molar-refractivity contribution < 1.29 is 14.5 Å². The van der Waals surface area contributed by atoms with Crippen LogP contribution in [0.5, 0.6) is 0 Å². The average molecular weight is 224 g/mol. The number of hydrogen-bond donors (Lipinski definition) is 0. The van der Waals surface area contributed by atoms with Gasteiger partial charge in [-0.3, -0.25) is 19.9 Å². The average Bonchev–Trinajstić information content (AvgIpc) is 2.28. The number of esters is 1. The van der Waals surface area contributed by atoms with Crippen molar-refractivity contribution in [1.82, 2.24) is 4.98 Å². The van der Waals surface area contributed by atoms with Gasteiger partial charge in [0.1, 0.15) is 0 Å². The first-order valence-corrected chi connectivity index (χ1v) is 4.73. The second-order valence-corrected chi connectivity index (χ2v) is 3.25. The fraction of sp³-hybridized carbons (Fsp3) is 0.400. The molecule has 6 heteroatoms. The largest absolute Gasteiger partial charge is 0.469 e. The van der Waals surface area contributed by atoms with E-state index in [1.54, 1.807) is 24.4 Å². The van der Waals surface area contributed by atoms with Crippen LogP contribution in [0.3, 0.4) is 0 Å². The van der Waals surface area contributed by atoms with Gasteiger partial charge in [0, 0.05) is 11.1 Å². The summed E-state index contributed by atoms with van der Waals surface area (Å²) >= 11 is 0. The monoisotopic (exact) mass is 224 g/mol. The third-order valence-corrected chi connectivity index (χ3v) is 2.12. The van der Waals surface area contributed by atoms with Gasteiger partial charge in [-0.05, 0) is 12.1 Å². The van der Waals surface area contributed by atoms with E-state index < -0.39 is 16.8 Å². The van der Waals surface area contributed by atoms with E-state index >= 15 is 0 Å². The van der Waals surface area contributed by atoms with Gasteiger partial charge >= 0.3 is 5.97 Å². The summed E-state index contributed by atoms with van der Waals surface area (Å²) in [5, 5.41) is 10.5. The number of methoxy groups -OCH3 is 1. The lowest BCUT2D eigenvalue weighted by Gasteiger charge is -2.10. The quantitative estimate of drug-likeness (QED) is 0.423. The van der Waals surface area contributed by atoms with Crippen LogP contribution < -0.4 is 0 Å². The van der Waals surface area contributed by atoms with Crippen LogP contribution in [0.15, 0.2) is 24.4 Å². The summed E-state index contributed by atoms with van der Waals surface area (Å²) in [5.74, 6) is -1.01. The van der Waals surface area contributed by atoms with E-state index in [0.29, 0.717) is 5.69 Å². The Labute approximate surface area is 92.4 Å². The van der Waals surface area contributed by atoms with Crippen molar-refractivity contribution >= 4 is 5.97 Å². The van der Waals surface area contributed by atoms with Gasteiger partial charge in [-0.15, -0.1) is 0 Å².